The molecule has 1 aliphatic carbocycles. The van der Waals surface area contributed by atoms with Crippen LogP contribution in [0.25, 0.3) is 0 Å². The number of piperazine rings is 1. The van der Waals surface area contributed by atoms with Crippen LogP contribution in [0.4, 0.5) is 0 Å². The first kappa shape index (κ1) is 15.9. The van der Waals surface area contributed by atoms with Gasteiger partial charge in [0, 0.05) is 32.4 Å². The van der Waals surface area contributed by atoms with Gasteiger partial charge in [0.25, 0.3) is 0 Å². The number of nitrogens with zero attached hydrogens (tertiary/aromatic N) is 3. The van der Waals surface area contributed by atoms with Crippen LogP contribution in [0.15, 0.2) is 24.4 Å². The Bertz CT molecular complexity index is 563. The van der Waals surface area contributed by atoms with Gasteiger partial charge in [0.15, 0.2) is 0 Å². The van der Waals surface area contributed by atoms with Crippen LogP contribution in [-0.4, -0.2) is 59.3 Å². The topological polar surface area (TPSA) is 65.5 Å². The van der Waals surface area contributed by atoms with Gasteiger partial charge in [-0.3, -0.25) is 14.6 Å². The summed E-state index contributed by atoms with van der Waals surface area (Å²) in [5, 5.41) is 2.88. The number of likely N-dealkylation sites (N-methyl/N-ethyl adjacent to an activating group) is 1. The van der Waals surface area contributed by atoms with Crippen molar-refractivity contribution >= 4 is 11.8 Å². The maximum absolute atomic E-state index is 12.8. The molecule has 0 spiro atoms. The molecule has 1 aromatic rings. The van der Waals surface area contributed by atoms with E-state index in [2.05, 4.69) is 22.1 Å². The third kappa shape index (κ3) is 3.37. The molecule has 3 rings (SSSR count). The highest BCUT2D eigenvalue weighted by molar-refractivity contribution is 6.07. The molecule has 6 nitrogen and oxygen atoms in total. The van der Waals surface area contributed by atoms with Crippen molar-refractivity contribution in [2.45, 2.75) is 26.3 Å². The Kier molecular flexibility index (Phi) is 4.61. The molecule has 0 bridgehead atoms. The van der Waals surface area contributed by atoms with E-state index in [1.807, 2.05) is 23.1 Å². The van der Waals surface area contributed by atoms with Gasteiger partial charge in [0.2, 0.25) is 11.8 Å². The summed E-state index contributed by atoms with van der Waals surface area (Å²) in [5.41, 5.74) is -0.0101. The minimum Gasteiger partial charge on any atom is -0.350 e. The fourth-order valence-electron chi connectivity index (χ4n) is 3.08. The second-order valence-corrected chi connectivity index (χ2v) is 6.31. The molecule has 1 aliphatic heterocycles. The summed E-state index contributed by atoms with van der Waals surface area (Å²) >= 11 is 0. The van der Waals surface area contributed by atoms with Gasteiger partial charge in [-0.05, 0) is 31.5 Å². The normalized spacial score (nSPS) is 20.1. The molecule has 1 saturated carbocycles. The molecule has 1 N–H and O–H groups in total. The van der Waals surface area contributed by atoms with E-state index in [0.29, 0.717) is 19.4 Å². The Morgan fingerprint density at radius 1 is 1.22 bits per heavy atom. The zero-order chi connectivity index (χ0) is 16.3. The molecule has 0 aromatic carbocycles. The first-order chi connectivity index (χ1) is 11.2. The van der Waals surface area contributed by atoms with Crippen molar-refractivity contribution in [3.05, 3.63) is 30.1 Å². The number of carbonyl (C=O) groups is 2. The van der Waals surface area contributed by atoms with Crippen LogP contribution in [0.5, 0.6) is 0 Å². The molecular formula is C17H24N4O2. The summed E-state index contributed by atoms with van der Waals surface area (Å²) in [5.74, 6) is -0.141. The van der Waals surface area contributed by atoms with Crippen LogP contribution in [0.1, 0.15) is 25.5 Å². The Balaban J connectivity index is 1.56. The van der Waals surface area contributed by atoms with Crippen LogP contribution in [0.2, 0.25) is 0 Å². The third-order valence-electron chi connectivity index (χ3n) is 4.86. The summed E-state index contributed by atoms with van der Waals surface area (Å²) in [6.45, 7) is 6.76. The van der Waals surface area contributed by atoms with Crippen molar-refractivity contribution in [1.29, 1.82) is 0 Å². The molecule has 2 fully saturated rings. The molecule has 2 aliphatic rings. The van der Waals surface area contributed by atoms with E-state index in [0.717, 1.165) is 38.4 Å². The standard InChI is InChI=1S/C17H24N4O2/c1-2-20-9-11-21(12-10-20)16(23)17(6-7-17)15(22)19-13-14-5-3-4-8-18-14/h3-5,8H,2,6-7,9-13H2,1H3,(H,19,22). The van der Waals surface area contributed by atoms with E-state index in [1.165, 1.54) is 0 Å². The van der Waals surface area contributed by atoms with Crippen LogP contribution in [0, 0.1) is 5.41 Å². The molecular weight excluding hydrogens is 292 g/mol. The largest absolute Gasteiger partial charge is 0.350 e. The lowest BCUT2D eigenvalue weighted by Crippen LogP contribution is -2.53. The maximum Gasteiger partial charge on any atom is 0.238 e. The molecule has 1 saturated heterocycles. The van der Waals surface area contributed by atoms with Crippen molar-refractivity contribution < 1.29 is 9.59 Å². The Morgan fingerprint density at radius 2 is 1.96 bits per heavy atom. The molecule has 2 heterocycles. The molecule has 0 atom stereocenters. The van der Waals surface area contributed by atoms with Gasteiger partial charge in [-0.2, -0.15) is 0 Å². The summed E-state index contributed by atoms with van der Waals surface area (Å²) in [6, 6.07) is 5.60. The number of hydrogen-bond donors (Lipinski definition) is 1. The van der Waals surface area contributed by atoms with Crippen molar-refractivity contribution in [2.75, 3.05) is 32.7 Å². The van der Waals surface area contributed by atoms with Crippen LogP contribution < -0.4 is 5.32 Å². The van der Waals surface area contributed by atoms with Crippen LogP contribution >= 0.6 is 0 Å². The number of nitrogens with one attached hydrogen (secondary N) is 1. The summed E-state index contributed by atoms with van der Waals surface area (Å²) in [6.07, 6.45) is 3.02. The number of rotatable bonds is 5. The van der Waals surface area contributed by atoms with Crippen molar-refractivity contribution in [2.24, 2.45) is 5.41 Å². The summed E-state index contributed by atoms with van der Waals surface area (Å²) < 4.78 is 0. The molecule has 6 heteroatoms. The number of pyridine rings is 1. The lowest BCUT2D eigenvalue weighted by atomic mass is 10.0. The predicted octanol–water partition coefficient (Wildman–Crippen LogP) is 0.642. The highest BCUT2D eigenvalue weighted by Gasteiger charge is 2.58. The van der Waals surface area contributed by atoms with E-state index in [1.54, 1.807) is 6.20 Å². The van der Waals surface area contributed by atoms with Crippen LogP contribution in [0.3, 0.4) is 0 Å². The Morgan fingerprint density at radius 3 is 2.52 bits per heavy atom. The van der Waals surface area contributed by atoms with Gasteiger partial charge >= 0.3 is 0 Å². The fourth-order valence-corrected chi connectivity index (χ4v) is 3.08. The summed E-state index contributed by atoms with van der Waals surface area (Å²) in [4.78, 5) is 33.6. The predicted molar refractivity (Wildman–Crippen MR) is 86.4 cm³/mol. The first-order valence-corrected chi connectivity index (χ1v) is 8.35. The minimum absolute atomic E-state index is 0.00627. The highest BCUT2D eigenvalue weighted by Crippen LogP contribution is 2.47. The van der Waals surface area contributed by atoms with Gasteiger partial charge in [0.1, 0.15) is 5.41 Å². The number of aromatic nitrogens is 1. The van der Waals surface area contributed by atoms with E-state index in [4.69, 9.17) is 0 Å². The van der Waals surface area contributed by atoms with Gasteiger partial charge < -0.3 is 15.1 Å². The first-order valence-electron chi connectivity index (χ1n) is 8.35. The molecule has 0 radical (unpaired) electrons. The lowest BCUT2D eigenvalue weighted by molar-refractivity contribution is -0.145. The van der Waals surface area contributed by atoms with Gasteiger partial charge in [-0.1, -0.05) is 13.0 Å². The third-order valence-corrected chi connectivity index (χ3v) is 4.86. The maximum atomic E-state index is 12.8. The number of carbonyl (C=O) groups excluding carboxylic acids is 2. The van der Waals surface area contributed by atoms with Crippen molar-refractivity contribution in [3.8, 4) is 0 Å². The highest BCUT2D eigenvalue weighted by atomic mass is 16.2. The van der Waals surface area contributed by atoms with Crippen LogP contribution in [-0.2, 0) is 16.1 Å². The van der Waals surface area contributed by atoms with Gasteiger partial charge in [0.05, 0.1) is 12.2 Å². The zero-order valence-electron chi connectivity index (χ0n) is 13.6. The fraction of sp³-hybridized carbons (Fsp3) is 0.588. The second kappa shape index (κ2) is 6.66. The van der Waals surface area contributed by atoms with E-state index < -0.39 is 5.41 Å². The number of amides is 2. The smallest absolute Gasteiger partial charge is 0.238 e. The second-order valence-electron chi connectivity index (χ2n) is 6.31. The average Bonchev–Trinajstić information content (AvgIpc) is 3.42. The number of hydrogen-bond acceptors (Lipinski definition) is 4. The molecule has 23 heavy (non-hydrogen) atoms. The average molecular weight is 316 g/mol. The molecule has 124 valence electrons. The summed E-state index contributed by atoms with van der Waals surface area (Å²) in [7, 11) is 0. The van der Waals surface area contributed by atoms with Crippen molar-refractivity contribution in [3.63, 3.8) is 0 Å². The molecule has 1 aromatic heterocycles. The van der Waals surface area contributed by atoms with E-state index >= 15 is 0 Å². The monoisotopic (exact) mass is 316 g/mol. The van der Waals surface area contributed by atoms with E-state index in [-0.39, 0.29) is 11.8 Å². The zero-order valence-corrected chi connectivity index (χ0v) is 13.6. The Hall–Kier alpha value is -1.95. The van der Waals surface area contributed by atoms with E-state index in [9.17, 15) is 9.59 Å². The van der Waals surface area contributed by atoms with Gasteiger partial charge in [-0.25, -0.2) is 0 Å². The molecule has 0 unspecified atom stereocenters. The Labute approximate surface area is 136 Å². The molecule has 2 amide bonds. The lowest BCUT2D eigenvalue weighted by Gasteiger charge is -2.35. The SMILES string of the molecule is CCN1CCN(C(=O)C2(C(=O)NCc3ccccn3)CC2)CC1. The minimum atomic E-state index is -0.816. The quantitative estimate of drug-likeness (QED) is 0.810. The van der Waals surface area contributed by atoms with Crippen molar-refractivity contribution in [1.82, 2.24) is 20.1 Å². The van der Waals surface area contributed by atoms with Gasteiger partial charge in [-0.15, -0.1) is 0 Å².